The topological polar surface area (TPSA) is 12.0 Å². The molecule has 0 radical (unpaired) electrons. The Morgan fingerprint density at radius 1 is 1.50 bits per heavy atom. The van der Waals surface area contributed by atoms with Gasteiger partial charge in [0.2, 0.25) is 0 Å². The molecule has 0 spiro atoms. The molecule has 0 aromatic heterocycles. The van der Waals surface area contributed by atoms with Crippen LogP contribution in [0.25, 0.3) is 0 Å². The molecule has 16 heavy (non-hydrogen) atoms. The molecule has 0 aliphatic carbocycles. The van der Waals surface area contributed by atoms with Crippen LogP contribution >= 0.6 is 11.6 Å². The number of piperidine rings is 1. The molecule has 1 nitrogen and oxygen atoms in total. The summed E-state index contributed by atoms with van der Waals surface area (Å²) in [4.78, 5) is 0. The highest BCUT2D eigenvalue weighted by Gasteiger charge is 2.28. The van der Waals surface area contributed by atoms with Gasteiger partial charge in [-0.2, -0.15) is 0 Å². The number of nitrogens with one attached hydrogen (secondary N) is 1. The van der Waals surface area contributed by atoms with Crippen LogP contribution in [0.1, 0.15) is 31.2 Å². The third-order valence-electron chi connectivity index (χ3n) is 3.50. The Kier molecular flexibility index (Phi) is 3.82. The van der Waals surface area contributed by atoms with Gasteiger partial charge >= 0.3 is 0 Å². The lowest BCUT2D eigenvalue weighted by Gasteiger charge is -2.32. The normalized spacial score (nSPS) is 25.7. The molecule has 2 unspecified atom stereocenters. The van der Waals surface area contributed by atoms with E-state index in [1.807, 2.05) is 0 Å². The van der Waals surface area contributed by atoms with E-state index < -0.39 is 0 Å². The maximum absolute atomic E-state index is 13.8. The van der Waals surface area contributed by atoms with Crippen LogP contribution in [0.4, 0.5) is 4.39 Å². The second-order valence-corrected chi connectivity index (χ2v) is 4.81. The maximum Gasteiger partial charge on any atom is 0.128 e. The van der Waals surface area contributed by atoms with E-state index in [4.69, 9.17) is 11.6 Å². The van der Waals surface area contributed by atoms with Gasteiger partial charge in [0.1, 0.15) is 5.82 Å². The maximum atomic E-state index is 13.8. The monoisotopic (exact) mass is 241 g/mol. The molecular formula is C13H17ClFN. The van der Waals surface area contributed by atoms with Crippen LogP contribution in [0.3, 0.4) is 0 Å². The molecule has 1 saturated heterocycles. The van der Waals surface area contributed by atoms with Gasteiger partial charge in [-0.25, -0.2) is 4.39 Å². The van der Waals surface area contributed by atoms with Crippen LogP contribution in [0.15, 0.2) is 18.2 Å². The Bertz CT molecular complexity index is 347. The Morgan fingerprint density at radius 3 is 3.00 bits per heavy atom. The smallest absolute Gasteiger partial charge is 0.128 e. The third kappa shape index (κ3) is 2.23. The molecule has 1 N–H and O–H groups in total. The van der Waals surface area contributed by atoms with Gasteiger partial charge < -0.3 is 5.32 Å². The first-order valence-electron chi connectivity index (χ1n) is 5.88. The number of halogens is 2. The molecule has 2 rings (SSSR count). The van der Waals surface area contributed by atoms with Crippen molar-refractivity contribution in [2.75, 3.05) is 13.1 Å². The van der Waals surface area contributed by atoms with Crippen LogP contribution < -0.4 is 5.32 Å². The minimum Gasteiger partial charge on any atom is -0.316 e. The minimum atomic E-state index is -0.155. The second-order valence-electron chi connectivity index (χ2n) is 4.40. The zero-order valence-electron chi connectivity index (χ0n) is 9.47. The average Bonchev–Trinajstić information content (AvgIpc) is 2.29. The van der Waals surface area contributed by atoms with E-state index in [-0.39, 0.29) is 11.7 Å². The SMILES string of the molecule is CCC1CNCCC1c1c(F)cccc1Cl. The predicted molar refractivity (Wildman–Crippen MR) is 65.4 cm³/mol. The Labute approximate surface area is 101 Å². The molecule has 1 fully saturated rings. The number of hydrogen-bond acceptors (Lipinski definition) is 1. The van der Waals surface area contributed by atoms with Gasteiger partial charge in [-0.05, 0) is 43.5 Å². The van der Waals surface area contributed by atoms with Crippen LogP contribution in [0.5, 0.6) is 0 Å². The number of benzene rings is 1. The van der Waals surface area contributed by atoms with Crippen molar-refractivity contribution in [3.63, 3.8) is 0 Å². The van der Waals surface area contributed by atoms with Crippen molar-refractivity contribution in [3.05, 3.63) is 34.6 Å². The Balaban J connectivity index is 2.34. The fourth-order valence-corrected chi connectivity index (χ4v) is 2.90. The molecule has 1 aliphatic rings. The quantitative estimate of drug-likeness (QED) is 0.835. The Hall–Kier alpha value is -0.600. The summed E-state index contributed by atoms with van der Waals surface area (Å²) in [7, 11) is 0. The summed E-state index contributed by atoms with van der Waals surface area (Å²) < 4.78 is 13.8. The second kappa shape index (κ2) is 5.15. The highest BCUT2D eigenvalue weighted by molar-refractivity contribution is 6.31. The van der Waals surface area contributed by atoms with Gasteiger partial charge in [-0.15, -0.1) is 0 Å². The van der Waals surface area contributed by atoms with Crippen molar-refractivity contribution in [3.8, 4) is 0 Å². The molecule has 1 heterocycles. The lowest BCUT2D eigenvalue weighted by atomic mass is 9.79. The summed E-state index contributed by atoms with van der Waals surface area (Å²) in [5, 5.41) is 3.93. The van der Waals surface area contributed by atoms with E-state index in [0.717, 1.165) is 31.5 Å². The number of hydrogen-bond donors (Lipinski definition) is 1. The fourth-order valence-electron chi connectivity index (χ4n) is 2.60. The van der Waals surface area contributed by atoms with Gasteiger partial charge in [0.05, 0.1) is 0 Å². The summed E-state index contributed by atoms with van der Waals surface area (Å²) in [6.07, 6.45) is 2.03. The van der Waals surface area contributed by atoms with Crippen LogP contribution in [0.2, 0.25) is 5.02 Å². The first-order valence-corrected chi connectivity index (χ1v) is 6.26. The van der Waals surface area contributed by atoms with Crippen molar-refractivity contribution in [2.45, 2.75) is 25.7 Å². The van der Waals surface area contributed by atoms with E-state index in [9.17, 15) is 4.39 Å². The van der Waals surface area contributed by atoms with E-state index in [1.54, 1.807) is 12.1 Å². The molecule has 0 bridgehead atoms. The van der Waals surface area contributed by atoms with E-state index in [2.05, 4.69) is 12.2 Å². The molecule has 2 atom stereocenters. The Morgan fingerprint density at radius 2 is 2.31 bits per heavy atom. The molecule has 1 aliphatic heterocycles. The summed E-state index contributed by atoms with van der Waals surface area (Å²) in [6, 6.07) is 4.97. The van der Waals surface area contributed by atoms with E-state index >= 15 is 0 Å². The lowest BCUT2D eigenvalue weighted by molar-refractivity contribution is 0.311. The van der Waals surface area contributed by atoms with Crippen LogP contribution in [-0.4, -0.2) is 13.1 Å². The largest absolute Gasteiger partial charge is 0.316 e. The first kappa shape index (κ1) is 11.9. The predicted octanol–water partition coefficient (Wildman–Crippen LogP) is 3.58. The third-order valence-corrected chi connectivity index (χ3v) is 3.83. The average molecular weight is 242 g/mol. The lowest BCUT2D eigenvalue weighted by Crippen LogP contribution is -2.35. The van der Waals surface area contributed by atoms with Gasteiger partial charge in [0, 0.05) is 10.6 Å². The van der Waals surface area contributed by atoms with E-state index in [0.29, 0.717) is 10.9 Å². The molecule has 88 valence electrons. The van der Waals surface area contributed by atoms with Gasteiger partial charge in [-0.1, -0.05) is 31.0 Å². The summed E-state index contributed by atoms with van der Waals surface area (Å²) in [5.41, 5.74) is 0.720. The number of rotatable bonds is 2. The first-order chi connectivity index (χ1) is 7.74. The summed E-state index contributed by atoms with van der Waals surface area (Å²) >= 11 is 6.12. The molecule has 0 saturated carbocycles. The molecule has 3 heteroatoms. The molecular weight excluding hydrogens is 225 g/mol. The zero-order chi connectivity index (χ0) is 11.5. The van der Waals surface area contributed by atoms with Crippen molar-refractivity contribution >= 4 is 11.6 Å². The standard InChI is InChI=1S/C13H17ClFN/c1-2-9-8-16-7-6-10(9)13-11(14)4-3-5-12(13)15/h3-5,9-10,16H,2,6-8H2,1H3. The van der Waals surface area contributed by atoms with Gasteiger partial charge in [0.25, 0.3) is 0 Å². The highest BCUT2D eigenvalue weighted by Crippen LogP contribution is 2.37. The molecule has 1 aromatic rings. The van der Waals surface area contributed by atoms with Crippen LogP contribution in [-0.2, 0) is 0 Å². The van der Waals surface area contributed by atoms with Crippen molar-refractivity contribution < 1.29 is 4.39 Å². The summed E-state index contributed by atoms with van der Waals surface area (Å²) in [6.45, 7) is 4.07. The minimum absolute atomic E-state index is 0.155. The van der Waals surface area contributed by atoms with Crippen molar-refractivity contribution in [1.29, 1.82) is 0 Å². The summed E-state index contributed by atoms with van der Waals surface area (Å²) in [5.74, 6) is 0.598. The zero-order valence-corrected chi connectivity index (χ0v) is 10.2. The fraction of sp³-hybridized carbons (Fsp3) is 0.538. The van der Waals surface area contributed by atoms with Crippen molar-refractivity contribution in [1.82, 2.24) is 5.32 Å². The highest BCUT2D eigenvalue weighted by atomic mass is 35.5. The van der Waals surface area contributed by atoms with Gasteiger partial charge in [0.15, 0.2) is 0 Å². The molecule has 1 aromatic carbocycles. The van der Waals surface area contributed by atoms with E-state index in [1.165, 1.54) is 6.07 Å². The van der Waals surface area contributed by atoms with Gasteiger partial charge in [-0.3, -0.25) is 0 Å². The molecule has 0 amide bonds. The van der Waals surface area contributed by atoms with Crippen LogP contribution in [0, 0.1) is 11.7 Å². The van der Waals surface area contributed by atoms with Crippen molar-refractivity contribution in [2.24, 2.45) is 5.92 Å².